The molecule has 0 aliphatic heterocycles. The van der Waals surface area contributed by atoms with Crippen LogP contribution in [-0.4, -0.2) is 58.2 Å². The zero-order valence-corrected chi connectivity index (χ0v) is 17.1. The third-order valence-corrected chi connectivity index (χ3v) is 4.87. The predicted octanol–water partition coefficient (Wildman–Crippen LogP) is 2.12. The van der Waals surface area contributed by atoms with Crippen LogP contribution in [0.5, 0.6) is 5.75 Å². The van der Waals surface area contributed by atoms with Crippen molar-refractivity contribution in [3.05, 3.63) is 54.1 Å². The molecule has 0 spiro atoms. The Morgan fingerprint density at radius 2 is 1.93 bits per heavy atom. The van der Waals surface area contributed by atoms with Gasteiger partial charge in [-0.05, 0) is 36.8 Å². The maximum atomic E-state index is 12.7. The molecule has 0 saturated carbocycles. The van der Waals surface area contributed by atoms with Crippen molar-refractivity contribution >= 4 is 17.7 Å². The number of ether oxygens (including phenoxy) is 2. The van der Waals surface area contributed by atoms with Crippen molar-refractivity contribution in [1.29, 1.82) is 0 Å². The van der Waals surface area contributed by atoms with Crippen molar-refractivity contribution in [2.24, 2.45) is 0 Å². The number of rotatable bonds is 10. The average molecular weight is 414 g/mol. The smallest absolute Gasteiger partial charge is 0.273 e. The first-order valence-electron chi connectivity index (χ1n) is 8.99. The first-order valence-corrected chi connectivity index (χ1v) is 9.97. The number of nitrogens with zero attached hydrogens (tertiary/aromatic N) is 5. The Hall–Kier alpha value is -2.98. The highest BCUT2D eigenvalue weighted by atomic mass is 32.2. The Morgan fingerprint density at radius 1 is 1.17 bits per heavy atom. The maximum Gasteiger partial charge on any atom is 0.273 e. The molecule has 3 rings (SSSR count). The molecule has 0 atom stereocenters. The Morgan fingerprint density at radius 3 is 2.62 bits per heavy atom. The zero-order chi connectivity index (χ0) is 20.5. The van der Waals surface area contributed by atoms with E-state index in [1.165, 1.54) is 11.8 Å². The molecule has 0 unspecified atom stereocenters. The van der Waals surface area contributed by atoms with Crippen LogP contribution in [0.2, 0.25) is 0 Å². The molecule has 0 aliphatic rings. The van der Waals surface area contributed by atoms with Gasteiger partial charge in [-0.1, -0.05) is 17.0 Å². The van der Waals surface area contributed by atoms with Crippen molar-refractivity contribution in [2.75, 3.05) is 27.4 Å². The molecule has 29 heavy (non-hydrogen) atoms. The van der Waals surface area contributed by atoms with Gasteiger partial charge in [0.05, 0.1) is 18.5 Å². The molecule has 9 nitrogen and oxygen atoms in total. The van der Waals surface area contributed by atoms with Crippen LogP contribution in [0.25, 0.3) is 5.69 Å². The lowest BCUT2D eigenvalue weighted by Gasteiger charge is -2.09. The summed E-state index contributed by atoms with van der Waals surface area (Å²) in [5.74, 6) is 0.896. The monoisotopic (exact) mass is 414 g/mol. The number of hydrogen-bond donors (Lipinski definition) is 1. The van der Waals surface area contributed by atoms with Gasteiger partial charge in [-0.3, -0.25) is 4.79 Å². The van der Waals surface area contributed by atoms with Gasteiger partial charge in [0.1, 0.15) is 5.75 Å². The Kier molecular flexibility index (Phi) is 7.54. The van der Waals surface area contributed by atoms with Crippen molar-refractivity contribution in [3.8, 4) is 11.4 Å². The first kappa shape index (κ1) is 20.7. The van der Waals surface area contributed by atoms with Gasteiger partial charge >= 0.3 is 0 Å². The topological polar surface area (TPSA) is 104 Å². The van der Waals surface area contributed by atoms with Gasteiger partial charge in [-0.15, -0.1) is 5.10 Å². The average Bonchev–Trinajstić information content (AvgIpc) is 3.20. The molecular formula is C19H22N6O3S. The van der Waals surface area contributed by atoms with Gasteiger partial charge in [-0.25, -0.2) is 14.6 Å². The molecule has 0 saturated heterocycles. The van der Waals surface area contributed by atoms with Crippen LogP contribution in [0.15, 0.2) is 47.9 Å². The molecule has 152 valence electrons. The van der Waals surface area contributed by atoms with Crippen LogP contribution in [0.3, 0.4) is 0 Å². The lowest BCUT2D eigenvalue weighted by Crippen LogP contribution is -2.26. The van der Waals surface area contributed by atoms with Gasteiger partial charge in [0.15, 0.2) is 10.9 Å². The van der Waals surface area contributed by atoms with E-state index in [4.69, 9.17) is 9.47 Å². The van der Waals surface area contributed by atoms with E-state index in [-0.39, 0.29) is 11.6 Å². The quantitative estimate of drug-likeness (QED) is 0.306. The second-order valence-corrected chi connectivity index (χ2v) is 6.86. The Balaban J connectivity index is 1.84. The second-order valence-electron chi connectivity index (χ2n) is 5.92. The van der Waals surface area contributed by atoms with Gasteiger partial charge in [0, 0.05) is 38.4 Å². The number of carbonyl (C=O) groups is 1. The normalized spacial score (nSPS) is 10.7. The van der Waals surface area contributed by atoms with Gasteiger partial charge in [0.25, 0.3) is 5.91 Å². The lowest BCUT2D eigenvalue weighted by molar-refractivity contribution is 0.0943. The highest BCUT2D eigenvalue weighted by Crippen LogP contribution is 2.23. The molecule has 2 heterocycles. The fourth-order valence-corrected chi connectivity index (χ4v) is 3.33. The summed E-state index contributed by atoms with van der Waals surface area (Å²) >= 11 is 1.41. The number of carbonyl (C=O) groups excluding carboxylic acids is 1. The summed E-state index contributed by atoms with van der Waals surface area (Å²) < 4.78 is 11.9. The summed E-state index contributed by atoms with van der Waals surface area (Å²) in [6, 6.07) is 9.14. The number of aromatic nitrogens is 5. The van der Waals surface area contributed by atoms with E-state index in [1.807, 2.05) is 24.3 Å². The van der Waals surface area contributed by atoms with Crippen molar-refractivity contribution < 1.29 is 14.3 Å². The van der Waals surface area contributed by atoms with Gasteiger partial charge < -0.3 is 14.8 Å². The van der Waals surface area contributed by atoms with Crippen molar-refractivity contribution in [1.82, 2.24) is 30.3 Å². The van der Waals surface area contributed by atoms with Gasteiger partial charge in [-0.2, -0.15) is 0 Å². The Bertz CT molecular complexity index is 917. The van der Waals surface area contributed by atoms with Crippen molar-refractivity contribution in [3.63, 3.8) is 0 Å². The highest BCUT2D eigenvalue weighted by Gasteiger charge is 2.21. The lowest BCUT2D eigenvalue weighted by atomic mass is 10.2. The molecule has 0 fully saturated rings. The minimum atomic E-state index is -0.273. The predicted molar refractivity (Wildman–Crippen MR) is 108 cm³/mol. The van der Waals surface area contributed by atoms with E-state index in [1.54, 1.807) is 37.4 Å². The van der Waals surface area contributed by atoms with E-state index in [0.717, 1.165) is 17.9 Å². The summed E-state index contributed by atoms with van der Waals surface area (Å²) in [5, 5.41) is 11.8. The number of methoxy groups -OCH3 is 2. The van der Waals surface area contributed by atoms with Crippen molar-refractivity contribution in [2.45, 2.75) is 17.3 Å². The standard InChI is InChI=1S/C19H22N6O3S/c1-27-12-4-11-20-18(26)17-16(13-29-19-21-9-3-10-22-19)25(24-23-17)14-5-7-15(28-2)8-6-14/h3,5-10H,4,11-13H2,1-2H3,(H,20,26). The molecule has 1 amide bonds. The number of benzene rings is 1. The molecule has 0 bridgehead atoms. The summed E-state index contributed by atoms with van der Waals surface area (Å²) in [7, 11) is 3.24. The summed E-state index contributed by atoms with van der Waals surface area (Å²) in [6.07, 6.45) is 4.08. The maximum absolute atomic E-state index is 12.7. The fourth-order valence-electron chi connectivity index (χ4n) is 2.53. The van der Waals surface area contributed by atoms with E-state index >= 15 is 0 Å². The summed E-state index contributed by atoms with van der Waals surface area (Å²) in [4.78, 5) is 21.1. The third-order valence-electron chi connectivity index (χ3n) is 3.99. The molecule has 2 aromatic heterocycles. The number of amides is 1. The molecule has 3 aromatic rings. The van der Waals surface area contributed by atoms with Gasteiger partial charge in [0.2, 0.25) is 0 Å². The number of hydrogen-bond acceptors (Lipinski definition) is 8. The Labute approximate surface area is 172 Å². The molecule has 0 radical (unpaired) electrons. The molecule has 0 aliphatic carbocycles. The van der Waals surface area contributed by atoms with E-state index in [9.17, 15) is 4.79 Å². The number of thioether (sulfide) groups is 1. The third kappa shape index (κ3) is 5.52. The van der Waals surface area contributed by atoms with E-state index in [0.29, 0.717) is 29.8 Å². The van der Waals surface area contributed by atoms with Crippen LogP contribution in [-0.2, 0) is 10.5 Å². The van der Waals surface area contributed by atoms with Crippen LogP contribution in [0.1, 0.15) is 22.6 Å². The molecule has 1 N–H and O–H groups in total. The van der Waals surface area contributed by atoms with E-state index in [2.05, 4.69) is 25.6 Å². The summed E-state index contributed by atoms with van der Waals surface area (Å²) in [6.45, 7) is 1.07. The van der Waals surface area contributed by atoms with Crippen LogP contribution >= 0.6 is 11.8 Å². The highest BCUT2D eigenvalue weighted by molar-refractivity contribution is 7.98. The van der Waals surface area contributed by atoms with E-state index < -0.39 is 0 Å². The minimum Gasteiger partial charge on any atom is -0.497 e. The molecule has 10 heteroatoms. The summed E-state index contributed by atoms with van der Waals surface area (Å²) in [5.41, 5.74) is 1.72. The van der Waals surface area contributed by atoms with Crippen LogP contribution < -0.4 is 10.1 Å². The van der Waals surface area contributed by atoms with Crippen LogP contribution in [0, 0.1) is 0 Å². The fraction of sp³-hybridized carbons (Fsp3) is 0.316. The zero-order valence-electron chi connectivity index (χ0n) is 16.2. The molecular weight excluding hydrogens is 392 g/mol. The SMILES string of the molecule is COCCCNC(=O)c1nnn(-c2ccc(OC)cc2)c1CSc1ncccn1. The van der Waals surface area contributed by atoms with Crippen LogP contribution in [0.4, 0.5) is 0 Å². The first-order chi connectivity index (χ1) is 14.2. The second kappa shape index (κ2) is 10.5. The largest absolute Gasteiger partial charge is 0.497 e. The molecule has 1 aromatic carbocycles. The minimum absolute atomic E-state index is 0.273. The number of nitrogens with one attached hydrogen (secondary N) is 1.